The number of anilines is 2. The first-order valence-corrected chi connectivity index (χ1v) is 10.4. The van der Waals surface area contributed by atoms with Crippen molar-refractivity contribution in [1.29, 1.82) is 0 Å². The molecular weight excluding hydrogens is 395 g/mol. The third kappa shape index (κ3) is 8.32. The van der Waals surface area contributed by atoms with Gasteiger partial charge in [-0.1, -0.05) is 73.2 Å². The summed E-state index contributed by atoms with van der Waals surface area (Å²) in [4.78, 5) is 23.9. The van der Waals surface area contributed by atoms with Gasteiger partial charge >= 0.3 is 0 Å². The predicted octanol–water partition coefficient (Wildman–Crippen LogP) is 6.69. The number of carbonyl (C=O) groups is 2. The molecule has 0 atom stereocenters. The van der Waals surface area contributed by atoms with E-state index in [-0.39, 0.29) is 11.8 Å². The Bertz CT molecular complexity index is 715. The Morgan fingerprint density at radius 3 is 1.36 bits per heavy atom. The summed E-state index contributed by atoms with van der Waals surface area (Å²) in [7, 11) is 0. The summed E-state index contributed by atoms with van der Waals surface area (Å²) >= 11 is 12.1. The molecule has 0 spiro atoms. The van der Waals surface area contributed by atoms with Crippen LogP contribution in [0.15, 0.2) is 48.5 Å². The molecule has 0 unspecified atom stereocenters. The summed E-state index contributed by atoms with van der Waals surface area (Å²) in [6.45, 7) is 0. The van der Waals surface area contributed by atoms with Gasteiger partial charge in [0, 0.05) is 12.8 Å². The van der Waals surface area contributed by atoms with Crippen LogP contribution in [0.25, 0.3) is 0 Å². The van der Waals surface area contributed by atoms with E-state index in [2.05, 4.69) is 10.6 Å². The molecule has 0 radical (unpaired) electrons. The van der Waals surface area contributed by atoms with E-state index in [0.717, 1.165) is 38.5 Å². The Morgan fingerprint density at radius 1 is 0.607 bits per heavy atom. The Morgan fingerprint density at radius 2 is 0.964 bits per heavy atom. The van der Waals surface area contributed by atoms with Gasteiger partial charge in [0.15, 0.2) is 0 Å². The Balaban J connectivity index is 1.48. The van der Waals surface area contributed by atoms with Crippen LogP contribution < -0.4 is 10.6 Å². The molecule has 0 aromatic heterocycles. The molecular formula is C22H26Cl2N2O2. The van der Waals surface area contributed by atoms with Gasteiger partial charge in [-0.2, -0.15) is 0 Å². The molecule has 28 heavy (non-hydrogen) atoms. The number of amides is 2. The van der Waals surface area contributed by atoms with Crippen LogP contribution in [-0.4, -0.2) is 11.8 Å². The number of benzene rings is 2. The van der Waals surface area contributed by atoms with Crippen LogP contribution in [0.1, 0.15) is 51.4 Å². The molecule has 0 heterocycles. The van der Waals surface area contributed by atoms with Crippen LogP contribution in [0, 0.1) is 0 Å². The average molecular weight is 421 g/mol. The molecule has 0 bridgehead atoms. The fraction of sp³-hybridized carbons (Fsp3) is 0.364. The molecule has 0 aliphatic rings. The highest BCUT2D eigenvalue weighted by molar-refractivity contribution is 6.34. The molecule has 2 aromatic carbocycles. The minimum absolute atomic E-state index is 0.00987. The number of hydrogen-bond acceptors (Lipinski definition) is 2. The lowest BCUT2D eigenvalue weighted by Crippen LogP contribution is -2.11. The number of unbranched alkanes of at least 4 members (excludes halogenated alkanes) is 5. The van der Waals surface area contributed by atoms with Crippen LogP contribution in [-0.2, 0) is 9.59 Å². The Hall–Kier alpha value is -2.04. The zero-order chi connectivity index (χ0) is 20.2. The SMILES string of the molecule is O=C(CCCCCCCCC(=O)Nc1ccccc1Cl)Nc1ccccc1Cl. The van der Waals surface area contributed by atoms with Gasteiger partial charge in [-0.15, -0.1) is 0 Å². The third-order valence-corrected chi connectivity index (χ3v) is 5.01. The zero-order valence-electron chi connectivity index (χ0n) is 15.8. The van der Waals surface area contributed by atoms with E-state index >= 15 is 0 Å². The maximum atomic E-state index is 11.9. The fourth-order valence-corrected chi connectivity index (χ4v) is 3.19. The molecule has 2 aromatic rings. The zero-order valence-corrected chi connectivity index (χ0v) is 17.4. The van der Waals surface area contributed by atoms with E-state index in [0.29, 0.717) is 34.3 Å². The summed E-state index contributed by atoms with van der Waals surface area (Å²) < 4.78 is 0. The maximum absolute atomic E-state index is 11.9. The van der Waals surface area contributed by atoms with E-state index in [4.69, 9.17) is 23.2 Å². The summed E-state index contributed by atoms with van der Waals surface area (Å²) in [6, 6.07) is 14.4. The maximum Gasteiger partial charge on any atom is 0.224 e. The predicted molar refractivity (Wildman–Crippen MR) is 117 cm³/mol. The van der Waals surface area contributed by atoms with E-state index in [9.17, 15) is 9.59 Å². The number of nitrogens with one attached hydrogen (secondary N) is 2. The smallest absolute Gasteiger partial charge is 0.224 e. The van der Waals surface area contributed by atoms with Crippen molar-refractivity contribution in [3.05, 3.63) is 58.6 Å². The first-order chi connectivity index (χ1) is 13.6. The summed E-state index contributed by atoms with van der Waals surface area (Å²) in [5.41, 5.74) is 1.31. The molecule has 4 nitrogen and oxygen atoms in total. The normalized spacial score (nSPS) is 10.5. The lowest BCUT2D eigenvalue weighted by Gasteiger charge is -2.07. The van der Waals surface area contributed by atoms with Crippen molar-refractivity contribution in [1.82, 2.24) is 0 Å². The summed E-state index contributed by atoms with van der Waals surface area (Å²) in [6.07, 6.45) is 6.81. The summed E-state index contributed by atoms with van der Waals surface area (Å²) in [5.74, 6) is -0.0197. The van der Waals surface area contributed by atoms with Crippen molar-refractivity contribution in [2.45, 2.75) is 51.4 Å². The monoisotopic (exact) mass is 420 g/mol. The quantitative estimate of drug-likeness (QED) is 0.397. The lowest BCUT2D eigenvalue weighted by atomic mass is 10.1. The summed E-state index contributed by atoms with van der Waals surface area (Å²) in [5, 5.41) is 6.77. The van der Waals surface area contributed by atoms with Crippen molar-refractivity contribution in [2.24, 2.45) is 0 Å². The molecule has 0 aliphatic heterocycles. The standard InChI is InChI=1S/C22H26Cl2N2O2/c23-17-11-7-9-13-19(17)25-21(27)15-5-3-1-2-4-6-16-22(28)26-20-14-10-8-12-18(20)24/h7-14H,1-6,15-16H2,(H,25,27)(H,26,28). The number of halogens is 2. The molecule has 0 fully saturated rings. The van der Waals surface area contributed by atoms with Crippen molar-refractivity contribution >= 4 is 46.4 Å². The van der Waals surface area contributed by atoms with Gasteiger partial charge in [-0.3, -0.25) is 9.59 Å². The van der Waals surface area contributed by atoms with E-state index in [1.165, 1.54) is 0 Å². The molecule has 2 rings (SSSR count). The molecule has 2 amide bonds. The van der Waals surface area contributed by atoms with Gasteiger partial charge in [0.25, 0.3) is 0 Å². The van der Waals surface area contributed by atoms with Gasteiger partial charge < -0.3 is 10.6 Å². The second-order valence-corrected chi connectivity index (χ2v) is 7.49. The van der Waals surface area contributed by atoms with Crippen molar-refractivity contribution < 1.29 is 9.59 Å². The van der Waals surface area contributed by atoms with Crippen LogP contribution in [0.3, 0.4) is 0 Å². The van der Waals surface area contributed by atoms with Crippen molar-refractivity contribution in [3.63, 3.8) is 0 Å². The van der Waals surface area contributed by atoms with Crippen LogP contribution >= 0.6 is 23.2 Å². The molecule has 150 valence electrons. The molecule has 0 saturated carbocycles. The van der Waals surface area contributed by atoms with Crippen molar-refractivity contribution in [3.8, 4) is 0 Å². The van der Waals surface area contributed by atoms with E-state index in [1.807, 2.05) is 24.3 Å². The number of rotatable bonds is 11. The first-order valence-electron chi connectivity index (χ1n) is 9.65. The van der Waals surface area contributed by atoms with Crippen LogP contribution in [0.5, 0.6) is 0 Å². The highest BCUT2D eigenvalue weighted by Gasteiger charge is 2.06. The number of carbonyl (C=O) groups excluding carboxylic acids is 2. The van der Waals surface area contributed by atoms with E-state index < -0.39 is 0 Å². The lowest BCUT2D eigenvalue weighted by molar-refractivity contribution is -0.117. The van der Waals surface area contributed by atoms with Gasteiger partial charge in [0.2, 0.25) is 11.8 Å². The average Bonchev–Trinajstić information content (AvgIpc) is 2.67. The third-order valence-electron chi connectivity index (χ3n) is 4.35. The molecule has 0 aliphatic carbocycles. The highest BCUT2D eigenvalue weighted by Crippen LogP contribution is 2.22. The van der Waals surface area contributed by atoms with Crippen LogP contribution in [0.4, 0.5) is 11.4 Å². The number of para-hydroxylation sites is 2. The molecule has 2 N–H and O–H groups in total. The topological polar surface area (TPSA) is 58.2 Å². The van der Waals surface area contributed by atoms with Crippen LogP contribution in [0.2, 0.25) is 10.0 Å². The minimum atomic E-state index is -0.00987. The van der Waals surface area contributed by atoms with Gasteiger partial charge in [0.05, 0.1) is 21.4 Å². The van der Waals surface area contributed by atoms with Crippen molar-refractivity contribution in [2.75, 3.05) is 10.6 Å². The van der Waals surface area contributed by atoms with E-state index in [1.54, 1.807) is 24.3 Å². The highest BCUT2D eigenvalue weighted by atomic mass is 35.5. The number of hydrogen-bond donors (Lipinski definition) is 2. The minimum Gasteiger partial charge on any atom is -0.325 e. The molecule has 0 saturated heterocycles. The Kier molecular flexibility index (Phi) is 9.87. The Labute approximate surface area is 176 Å². The second kappa shape index (κ2) is 12.4. The first kappa shape index (κ1) is 22.3. The van der Waals surface area contributed by atoms with Gasteiger partial charge in [-0.05, 0) is 37.1 Å². The molecule has 6 heteroatoms. The fourth-order valence-electron chi connectivity index (χ4n) is 2.83. The largest absolute Gasteiger partial charge is 0.325 e. The van der Waals surface area contributed by atoms with Gasteiger partial charge in [-0.25, -0.2) is 0 Å². The van der Waals surface area contributed by atoms with Gasteiger partial charge in [0.1, 0.15) is 0 Å². The second-order valence-electron chi connectivity index (χ2n) is 6.68.